The molecule has 1 N–H and O–H groups in total. The minimum Gasteiger partial charge on any atom is -0.365 e. The maximum absolute atomic E-state index is 4.44. The van der Waals surface area contributed by atoms with Gasteiger partial charge in [0.2, 0.25) is 0 Å². The number of hydrogen-bond acceptors (Lipinski definition) is 5. The molecule has 0 aliphatic carbocycles. The van der Waals surface area contributed by atoms with Gasteiger partial charge in [0.15, 0.2) is 0 Å². The zero-order chi connectivity index (χ0) is 16.4. The molecule has 3 aromatic rings. The van der Waals surface area contributed by atoms with Crippen molar-refractivity contribution in [2.24, 2.45) is 0 Å². The molecule has 120 valence electrons. The van der Waals surface area contributed by atoms with E-state index < -0.39 is 0 Å². The zero-order valence-corrected chi connectivity index (χ0v) is 14.9. The van der Waals surface area contributed by atoms with Crippen LogP contribution in [0, 0.1) is 13.8 Å². The topological polar surface area (TPSA) is 41.1 Å². The molecule has 0 amide bonds. The summed E-state index contributed by atoms with van der Waals surface area (Å²) in [5.41, 5.74) is 3.86. The zero-order valence-electron chi connectivity index (χ0n) is 14.1. The predicted molar refractivity (Wildman–Crippen MR) is 98.0 cm³/mol. The van der Waals surface area contributed by atoms with Gasteiger partial charge in [0.1, 0.15) is 17.0 Å². The molecule has 23 heavy (non-hydrogen) atoms. The predicted octanol–water partition coefficient (Wildman–Crippen LogP) is 3.98. The Morgan fingerprint density at radius 3 is 2.70 bits per heavy atom. The van der Waals surface area contributed by atoms with Crippen LogP contribution >= 0.6 is 11.3 Å². The van der Waals surface area contributed by atoms with Crippen LogP contribution in [0.25, 0.3) is 10.2 Å². The number of rotatable bonds is 5. The summed E-state index contributed by atoms with van der Waals surface area (Å²) < 4.78 is 0. The molecule has 0 unspecified atom stereocenters. The van der Waals surface area contributed by atoms with Gasteiger partial charge in [0.05, 0.1) is 5.39 Å². The largest absolute Gasteiger partial charge is 0.365 e. The van der Waals surface area contributed by atoms with E-state index >= 15 is 0 Å². The maximum Gasteiger partial charge on any atom is 0.138 e. The summed E-state index contributed by atoms with van der Waals surface area (Å²) in [6, 6.07) is 8.68. The van der Waals surface area contributed by atoms with Crippen molar-refractivity contribution in [2.75, 3.05) is 19.4 Å². The third-order valence-corrected chi connectivity index (χ3v) is 5.03. The summed E-state index contributed by atoms with van der Waals surface area (Å²) in [4.78, 5) is 13.4. The average Bonchev–Trinajstić information content (AvgIpc) is 2.80. The molecule has 0 bridgehead atoms. The molecule has 5 heteroatoms. The van der Waals surface area contributed by atoms with Crippen molar-refractivity contribution in [1.82, 2.24) is 14.9 Å². The van der Waals surface area contributed by atoms with Crippen LogP contribution in [0.2, 0.25) is 0 Å². The van der Waals surface area contributed by atoms with Gasteiger partial charge in [0.25, 0.3) is 0 Å². The van der Waals surface area contributed by atoms with Crippen LogP contribution in [0.3, 0.4) is 0 Å². The summed E-state index contributed by atoms with van der Waals surface area (Å²) >= 11 is 1.73. The number of aromatic nitrogens is 2. The fraction of sp³-hybridized carbons (Fsp3) is 0.333. The molecule has 4 nitrogen and oxygen atoms in total. The summed E-state index contributed by atoms with van der Waals surface area (Å²) in [5.74, 6) is 0.926. The van der Waals surface area contributed by atoms with Gasteiger partial charge in [-0.2, -0.15) is 0 Å². The SMILES string of the molecule is Cc1sc2ncnc(NCc3cccc(CN(C)C)c3)c2c1C. The number of nitrogens with one attached hydrogen (secondary N) is 1. The lowest BCUT2D eigenvalue weighted by atomic mass is 10.1. The molecule has 2 heterocycles. The summed E-state index contributed by atoms with van der Waals surface area (Å²) in [5, 5.41) is 4.63. The van der Waals surface area contributed by atoms with Crippen LogP contribution < -0.4 is 5.32 Å². The van der Waals surface area contributed by atoms with Crippen LogP contribution in [0.15, 0.2) is 30.6 Å². The number of aryl methyl sites for hydroxylation is 2. The molecule has 0 spiro atoms. The Labute approximate surface area is 141 Å². The van der Waals surface area contributed by atoms with E-state index in [1.165, 1.54) is 21.6 Å². The van der Waals surface area contributed by atoms with Crippen LogP contribution in [-0.2, 0) is 13.1 Å². The third kappa shape index (κ3) is 3.51. The molecule has 0 aliphatic heterocycles. The van der Waals surface area contributed by atoms with Crippen LogP contribution in [0.5, 0.6) is 0 Å². The Morgan fingerprint density at radius 2 is 1.91 bits per heavy atom. The lowest BCUT2D eigenvalue weighted by molar-refractivity contribution is 0.402. The highest BCUT2D eigenvalue weighted by Gasteiger charge is 2.11. The Hall–Kier alpha value is -1.98. The fourth-order valence-corrected chi connectivity index (χ4v) is 3.70. The van der Waals surface area contributed by atoms with Crippen molar-refractivity contribution in [1.29, 1.82) is 0 Å². The van der Waals surface area contributed by atoms with Gasteiger partial charge in [-0.25, -0.2) is 9.97 Å². The monoisotopic (exact) mass is 326 g/mol. The van der Waals surface area contributed by atoms with E-state index in [9.17, 15) is 0 Å². The van der Waals surface area contributed by atoms with E-state index in [2.05, 4.69) is 72.4 Å². The van der Waals surface area contributed by atoms with Crippen molar-refractivity contribution in [2.45, 2.75) is 26.9 Å². The second-order valence-electron chi connectivity index (χ2n) is 6.10. The average molecular weight is 326 g/mol. The Balaban J connectivity index is 1.81. The molecule has 1 aromatic carbocycles. The summed E-state index contributed by atoms with van der Waals surface area (Å²) in [7, 11) is 4.18. The summed E-state index contributed by atoms with van der Waals surface area (Å²) in [6.45, 7) is 5.99. The van der Waals surface area contributed by atoms with Gasteiger partial charge in [-0.05, 0) is 44.6 Å². The smallest absolute Gasteiger partial charge is 0.138 e. The van der Waals surface area contributed by atoms with E-state index in [1.54, 1.807) is 17.7 Å². The third-order valence-electron chi connectivity index (χ3n) is 3.92. The van der Waals surface area contributed by atoms with Crippen molar-refractivity contribution in [3.63, 3.8) is 0 Å². The van der Waals surface area contributed by atoms with Crippen molar-refractivity contribution in [3.8, 4) is 0 Å². The second kappa shape index (κ2) is 6.64. The van der Waals surface area contributed by atoms with Gasteiger partial charge in [-0.15, -0.1) is 11.3 Å². The van der Waals surface area contributed by atoms with Gasteiger partial charge in [0, 0.05) is 18.0 Å². The first-order valence-corrected chi connectivity index (χ1v) is 8.53. The highest BCUT2D eigenvalue weighted by atomic mass is 32.1. The molecule has 0 saturated carbocycles. The minimum atomic E-state index is 0.766. The molecular weight excluding hydrogens is 304 g/mol. The molecule has 3 rings (SSSR count). The van der Waals surface area contributed by atoms with Crippen molar-refractivity contribution >= 4 is 27.4 Å². The number of thiophene rings is 1. The molecule has 0 aliphatic rings. The minimum absolute atomic E-state index is 0.766. The molecule has 0 fully saturated rings. The highest BCUT2D eigenvalue weighted by molar-refractivity contribution is 7.18. The van der Waals surface area contributed by atoms with Crippen molar-refractivity contribution in [3.05, 3.63) is 52.2 Å². The normalized spacial score (nSPS) is 11.3. The Bertz CT molecular complexity index is 823. The lowest BCUT2D eigenvalue weighted by Gasteiger charge is -2.12. The Morgan fingerprint density at radius 1 is 1.13 bits per heavy atom. The van der Waals surface area contributed by atoms with Crippen LogP contribution in [-0.4, -0.2) is 29.0 Å². The van der Waals surface area contributed by atoms with E-state index in [0.29, 0.717) is 0 Å². The summed E-state index contributed by atoms with van der Waals surface area (Å²) in [6.07, 6.45) is 1.64. The van der Waals surface area contributed by atoms with Gasteiger partial charge in [-0.1, -0.05) is 24.3 Å². The van der Waals surface area contributed by atoms with Gasteiger partial charge in [-0.3, -0.25) is 0 Å². The van der Waals surface area contributed by atoms with Gasteiger partial charge >= 0.3 is 0 Å². The van der Waals surface area contributed by atoms with Crippen LogP contribution in [0.1, 0.15) is 21.6 Å². The molecule has 0 radical (unpaired) electrons. The van der Waals surface area contributed by atoms with E-state index in [0.717, 1.165) is 29.1 Å². The van der Waals surface area contributed by atoms with Gasteiger partial charge < -0.3 is 10.2 Å². The number of anilines is 1. The standard InChI is InChI=1S/C18H22N4S/c1-12-13(2)23-18-16(12)17(20-11-21-18)19-9-14-6-5-7-15(8-14)10-22(3)4/h5-8,11H,9-10H2,1-4H3,(H,19,20,21). The fourth-order valence-electron chi connectivity index (χ4n) is 2.71. The van der Waals surface area contributed by atoms with E-state index in [-0.39, 0.29) is 0 Å². The first-order chi connectivity index (χ1) is 11.0. The second-order valence-corrected chi connectivity index (χ2v) is 7.30. The first-order valence-electron chi connectivity index (χ1n) is 7.71. The van der Waals surface area contributed by atoms with Crippen molar-refractivity contribution < 1.29 is 0 Å². The molecule has 0 saturated heterocycles. The quantitative estimate of drug-likeness (QED) is 0.770. The molecule has 0 atom stereocenters. The lowest BCUT2D eigenvalue weighted by Crippen LogP contribution is -2.11. The van der Waals surface area contributed by atoms with E-state index in [4.69, 9.17) is 0 Å². The molecular formula is C18H22N4S. The first kappa shape index (κ1) is 15.9. The number of benzene rings is 1. The number of fused-ring (bicyclic) bond motifs is 1. The Kier molecular flexibility index (Phi) is 4.59. The highest BCUT2D eigenvalue weighted by Crippen LogP contribution is 2.32. The van der Waals surface area contributed by atoms with Crippen LogP contribution in [0.4, 0.5) is 5.82 Å². The molecule has 2 aromatic heterocycles. The number of nitrogens with zero attached hydrogens (tertiary/aromatic N) is 3. The maximum atomic E-state index is 4.44. The number of hydrogen-bond donors (Lipinski definition) is 1. The van der Waals surface area contributed by atoms with E-state index in [1.807, 2.05) is 0 Å².